The number of likely N-dealkylation sites (tertiary alicyclic amines) is 2. The van der Waals surface area contributed by atoms with Crippen LogP contribution in [0.2, 0.25) is 0 Å². The zero-order chi connectivity index (χ0) is 20.2. The van der Waals surface area contributed by atoms with Crippen LogP contribution in [0.4, 0.5) is 0 Å². The van der Waals surface area contributed by atoms with Crippen LogP contribution in [0.3, 0.4) is 0 Å². The largest absolute Gasteiger partial charge is 0.497 e. The molecule has 2 amide bonds. The number of methoxy groups -OCH3 is 1. The van der Waals surface area contributed by atoms with Crippen LogP contribution >= 0.6 is 0 Å². The van der Waals surface area contributed by atoms with Crippen molar-refractivity contribution in [3.05, 3.63) is 47.7 Å². The van der Waals surface area contributed by atoms with E-state index in [4.69, 9.17) is 9.15 Å². The van der Waals surface area contributed by atoms with Crippen molar-refractivity contribution in [2.75, 3.05) is 33.3 Å². The molecule has 2 aliphatic rings. The molecule has 2 aliphatic heterocycles. The molecule has 7 nitrogen and oxygen atoms in total. The number of nitrogens with zero attached hydrogens (tertiary/aromatic N) is 3. The van der Waals surface area contributed by atoms with Crippen LogP contribution in [0, 0.1) is 0 Å². The first-order valence-electron chi connectivity index (χ1n) is 10.3. The predicted molar refractivity (Wildman–Crippen MR) is 107 cm³/mol. The molecule has 2 fully saturated rings. The predicted octanol–water partition coefficient (Wildman–Crippen LogP) is 2.60. The summed E-state index contributed by atoms with van der Waals surface area (Å²) in [6.07, 6.45) is 5.70. The van der Waals surface area contributed by atoms with Crippen LogP contribution in [0.1, 0.15) is 48.8 Å². The maximum absolute atomic E-state index is 12.7. The summed E-state index contributed by atoms with van der Waals surface area (Å²) in [5.74, 6) is 2.52. The molecule has 1 aromatic heterocycles. The zero-order valence-electron chi connectivity index (χ0n) is 16.8. The number of amides is 2. The molecule has 0 bridgehead atoms. The second kappa shape index (κ2) is 8.68. The lowest BCUT2D eigenvalue weighted by Crippen LogP contribution is -2.45. The Bertz CT molecular complexity index is 878. The summed E-state index contributed by atoms with van der Waals surface area (Å²) in [5.41, 5.74) is 1.10. The van der Waals surface area contributed by atoms with E-state index in [1.807, 2.05) is 29.2 Å². The summed E-state index contributed by atoms with van der Waals surface area (Å²) in [4.78, 5) is 32.5. The number of aromatic nitrogens is 1. The number of piperidine rings is 1. The molecule has 29 heavy (non-hydrogen) atoms. The number of carbonyl (C=O) groups excluding carboxylic acids is 2. The fourth-order valence-electron chi connectivity index (χ4n) is 4.12. The van der Waals surface area contributed by atoms with Crippen LogP contribution in [-0.2, 0) is 16.0 Å². The van der Waals surface area contributed by atoms with Crippen LogP contribution in [0.25, 0.3) is 0 Å². The standard InChI is InChI=1S/C22H27N3O4/c1-28-18-7-2-5-16(11-18)12-19-13-23-22(29-19)17-6-3-9-24(14-17)21(27)15-25-10-4-8-20(25)26/h2,5,7,11,13,17H,3-4,6,8-10,12,14-15H2,1H3/t17-/m1/s1. The molecule has 1 atom stereocenters. The van der Waals surface area contributed by atoms with Gasteiger partial charge in [-0.05, 0) is 37.0 Å². The van der Waals surface area contributed by atoms with Gasteiger partial charge in [-0.2, -0.15) is 0 Å². The summed E-state index contributed by atoms with van der Waals surface area (Å²) in [6.45, 7) is 2.21. The van der Waals surface area contributed by atoms with Crippen molar-refractivity contribution < 1.29 is 18.7 Å². The molecular formula is C22H27N3O4. The second-order valence-electron chi connectivity index (χ2n) is 7.79. The number of hydrogen-bond donors (Lipinski definition) is 0. The average Bonchev–Trinajstić information content (AvgIpc) is 3.37. The van der Waals surface area contributed by atoms with Crippen molar-refractivity contribution in [1.82, 2.24) is 14.8 Å². The van der Waals surface area contributed by atoms with E-state index in [0.717, 1.165) is 42.9 Å². The number of ether oxygens (including phenoxy) is 1. The molecule has 0 saturated carbocycles. The molecule has 2 aromatic rings. The van der Waals surface area contributed by atoms with Gasteiger partial charge in [-0.3, -0.25) is 9.59 Å². The smallest absolute Gasteiger partial charge is 0.242 e. The molecule has 154 valence electrons. The Morgan fingerprint density at radius 1 is 1.31 bits per heavy atom. The molecule has 0 N–H and O–H groups in total. The average molecular weight is 397 g/mol. The molecule has 0 unspecified atom stereocenters. The highest BCUT2D eigenvalue weighted by Crippen LogP contribution is 2.28. The van der Waals surface area contributed by atoms with Gasteiger partial charge in [0.15, 0.2) is 5.89 Å². The van der Waals surface area contributed by atoms with Crippen LogP contribution < -0.4 is 4.74 Å². The Morgan fingerprint density at radius 3 is 3.00 bits per heavy atom. The van der Waals surface area contributed by atoms with Crippen LogP contribution in [0.15, 0.2) is 34.9 Å². The SMILES string of the molecule is COc1cccc(Cc2cnc([C@@H]3CCCN(C(=O)CN4CCCC4=O)C3)o2)c1. The van der Waals surface area contributed by atoms with Gasteiger partial charge in [0.1, 0.15) is 11.5 Å². The van der Waals surface area contributed by atoms with Gasteiger partial charge in [0.05, 0.1) is 25.8 Å². The fourth-order valence-corrected chi connectivity index (χ4v) is 4.12. The van der Waals surface area contributed by atoms with Gasteiger partial charge in [-0.15, -0.1) is 0 Å². The number of carbonyl (C=O) groups is 2. The van der Waals surface area contributed by atoms with Gasteiger partial charge in [0.2, 0.25) is 11.8 Å². The molecule has 7 heteroatoms. The third-order valence-electron chi connectivity index (χ3n) is 5.70. The van der Waals surface area contributed by atoms with Gasteiger partial charge in [0, 0.05) is 32.5 Å². The van der Waals surface area contributed by atoms with E-state index < -0.39 is 0 Å². The Labute approximate surface area is 170 Å². The van der Waals surface area contributed by atoms with E-state index in [1.165, 1.54) is 0 Å². The van der Waals surface area contributed by atoms with Gasteiger partial charge < -0.3 is 19.0 Å². The minimum Gasteiger partial charge on any atom is -0.497 e. The van der Waals surface area contributed by atoms with Gasteiger partial charge in [0.25, 0.3) is 0 Å². The molecule has 1 aromatic carbocycles. The van der Waals surface area contributed by atoms with E-state index in [0.29, 0.717) is 31.8 Å². The van der Waals surface area contributed by atoms with Crippen molar-refractivity contribution >= 4 is 11.8 Å². The van der Waals surface area contributed by atoms with Crippen LogP contribution in [-0.4, -0.2) is 59.9 Å². The Morgan fingerprint density at radius 2 is 2.21 bits per heavy atom. The van der Waals surface area contributed by atoms with E-state index in [1.54, 1.807) is 18.2 Å². The molecule has 0 aliphatic carbocycles. The quantitative estimate of drug-likeness (QED) is 0.749. The first kappa shape index (κ1) is 19.5. The number of rotatable bonds is 6. The fraction of sp³-hybridized carbons (Fsp3) is 0.500. The third kappa shape index (κ3) is 4.60. The highest BCUT2D eigenvalue weighted by atomic mass is 16.5. The maximum Gasteiger partial charge on any atom is 0.242 e. The molecule has 3 heterocycles. The highest BCUT2D eigenvalue weighted by Gasteiger charge is 2.30. The summed E-state index contributed by atoms with van der Waals surface area (Å²) in [7, 11) is 1.65. The summed E-state index contributed by atoms with van der Waals surface area (Å²) in [6, 6.07) is 7.90. The van der Waals surface area contributed by atoms with Gasteiger partial charge >= 0.3 is 0 Å². The molecular weight excluding hydrogens is 370 g/mol. The topological polar surface area (TPSA) is 75.9 Å². The molecule has 4 rings (SSSR count). The number of hydrogen-bond acceptors (Lipinski definition) is 5. The summed E-state index contributed by atoms with van der Waals surface area (Å²) < 4.78 is 11.3. The minimum absolute atomic E-state index is 0.0214. The zero-order valence-corrected chi connectivity index (χ0v) is 16.8. The third-order valence-corrected chi connectivity index (χ3v) is 5.70. The lowest BCUT2D eigenvalue weighted by atomic mass is 9.98. The first-order chi connectivity index (χ1) is 14.1. The van der Waals surface area contributed by atoms with Crippen molar-refractivity contribution in [2.45, 2.75) is 38.0 Å². The monoisotopic (exact) mass is 397 g/mol. The van der Waals surface area contributed by atoms with E-state index in [-0.39, 0.29) is 24.3 Å². The normalized spacial score (nSPS) is 19.6. The van der Waals surface area contributed by atoms with E-state index >= 15 is 0 Å². The summed E-state index contributed by atoms with van der Waals surface area (Å²) >= 11 is 0. The second-order valence-corrected chi connectivity index (χ2v) is 7.79. The van der Waals surface area contributed by atoms with Crippen molar-refractivity contribution in [3.63, 3.8) is 0 Å². The van der Waals surface area contributed by atoms with Crippen LogP contribution in [0.5, 0.6) is 5.75 Å². The lowest BCUT2D eigenvalue weighted by Gasteiger charge is -2.32. The van der Waals surface area contributed by atoms with Crippen molar-refractivity contribution in [3.8, 4) is 5.75 Å². The molecule has 2 saturated heterocycles. The Hall–Kier alpha value is -2.83. The Kier molecular flexibility index (Phi) is 5.83. The molecule has 0 spiro atoms. The van der Waals surface area contributed by atoms with E-state index in [9.17, 15) is 9.59 Å². The molecule has 0 radical (unpaired) electrons. The summed E-state index contributed by atoms with van der Waals surface area (Å²) in [5, 5.41) is 0. The lowest BCUT2D eigenvalue weighted by molar-refractivity contribution is -0.139. The first-order valence-corrected chi connectivity index (χ1v) is 10.3. The van der Waals surface area contributed by atoms with E-state index in [2.05, 4.69) is 4.98 Å². The van der Waals surface area contributed by atoms with Crippen molar-refractivity contribution in [1.29, 1.82) is 0 Å². The number of oxazole rings is 1. The van der Waals surface area contributed by atoms with Gasteiger partial charge in [-0.25, -0.2) is 4.98 Å². The highest BCUT2D eigenvalue weighted by molar-refractivity contribution is 5.86. The maximum atomic E-state index is 12.7. The van der Waals surface area contributed by atoms with Gasteiger partial charge in [-0.1, -0.05) is 12.1 Å². The Balaban J connectivity index is 1.37. The van der Waals surface area contributed by atoms with Crippen molar-refractivity contribution in [2.24, 2.45) is 0 Å². The number of benzene rings is 1. The minimum atomic E-state index is 0.0214.